The molecule has 5 nitrogen and oxygen atoms in total. The molecule has 0 fully saturated rings. The number of anilines is 1. The Hall–Kier alpha value is -1.61. The van der Waals surface area contributed by atoms with Crippen molar-refractivity contribution in [2.45, 2.75) is 13.8 Å². The minimum atomic E-state index is 0. The third kappa shape index (κ3) is 3.41. The van der Waals surface area contributed by atoms with Crippen molar-refractivity contribution in [3.05, 3.63) is 40.5 Å². The summed E-state index contributed by atoms with van der Waals surface area (Å²) < 4.78 is 7.33. The molecule has 1 aromatic carbocycles. The molecule has 2 heterocycles. The molecule has 128 valence electrons. The highest BCUT2D eigenvalue weighted by Crippen LogP contribution is 2.29. The second-order valence-corrected chi connectivity index (χ2v) is 6.33. The second kappa shape index (κ2) is 7.52. The molecular weight excluding hydrogens is 437 g/mol. The number of Topliss-reactive ketones (excluding diaryl/α,β-unsaturated/α-hetero) is 1. The van der Waals surface area contributed by atoms with Crippen LogP contribution in [-0.2, 0) is 7.05 Å². The van der Waals surface area contributed by atoms with Gasteiger partial charge in [0.15, 0.2) is 10.9 Å². The Morgan fingerprint density at radius 3 is 2.75 bits per heavy atom. The van der Waals surface area contributed by atoms with Gasteiger partial charge in [-0.25, -0.2) is 4.98 Å². The van der Waals surface area contributed by atoms with Gasteiger partial charge in [0.2, 0.25) is 0 Å². The SMILES string of the molecule is COc1ccc2c(c1)c(C(=O)CNc1nc(C)cs1)c(C)n2C.[I-]. The molecule has 7 heteroatoms. The average Bonchev–Trinajstić information content (AvgIpc) is 3.07. The number of aromatic nitrogens is 2. The first-order valence-electron chi connectivity index (χ1n) is 7.33. The maximum atomic E-state index is 12.7. The number of halogens is 1. The number of carbonyl (C=O) groups excluding carboxylic acids is 1. The fraction of sp³-hybridized carbons (Fsp3) is 0.294. The monoisotopic (exact) mass is 456 g/mol. The quantitative estimate of drug-likeness (QED) is 0.451. The fourth-order valence-corrected chi connectivity index (χ4v) is 3.40. The van der Waals surface area contributed by atoms with Crippen molar-refractivity contribution in [2.24, 2.45) is 7.05 Å². The van der Waals surface area contributed by atoms with Crippen molar-refractivity contribution in [3.8, 4) is 5.75 Å². The molecule has 24 heavy (non-hydrogen) atoms. The summed E-state index contributed by atoms with van der Waals surface area (Å²) in [6, 6.07) is 5.81. The van der Waals surface area contributed by atoms with Gasteiger partial charge in [-0.3, -0.25) is 4.79 Å². The Morgan fingerprint density at radius 2 is 2.12 bits per heavy atom. The fourth-order valence-electron chi connectivity index (χ4n) is 2.71. The molecule has 3 aromatic rings. The maximum Gasteiger partial charge on any atom is 0.184 e. The number of nitrogens with zero attached hydrogens (tertiary/aromatic N) is 2. The van der Waals surface area contributed by atoms with Crippen LogP contribution in [0.3, 0.4) is 0 Å². The molecule has 0 amide bonds. The van der Waals surface area contributed by atoms with Crippen molar-refractivity contribution in [1.82, 2.24) is 9.55 Å². The van der Waals surface area contributed by atoms with Gasteiger partial charge >= 0.3 is 0 Å². The van der Waals surface area contributed by atoms with Gasteiger partial charge in [0.05, 0.1) is 19.3 Å². The molecule has 1 N–H and O–H groups in total. The lowest BCUT2D eigenvalue weighted by Gasteiger charge is -2.04. The predicted octanol–water partition coefficient (Wildman–Crippen LogP) is 0.559. The molecule has 0 radical (unpaired) electrons. The van der Waals surface area contributed by atoms with E-state index < -0.39 is 0 Å². The van der Waals surface area contributed by atoms with E-state index in [1.165, 1.54) is 11.3 Å². The van der Waals surface area contributed by atoms with Crippen LogP contribution in [0.15, 0.2) is 23.6 Å². The normalized spacial score (nSPS) is 10.5. The number of thiazole rings is 1. The molecule has 0 atom stereocenters. The zero-order valence-electron chi connectivity index (χ0n) is 14.0. The Labute approximate surface area is 162 Å². The van der Waals surface area contributed by atoms with Gasteiger partial charge in [0.1, 0.15) is 5.75 Å². The van der Waals surface area contributed by atoms with E-state index in [4.69, 9.17) is 4.74 Å². The number of hydrogen-bond donors (Lipinski definition) is 1. The summed E-state index contributed by atoms with van der Waals surface area (Å²) in [5.41, 5.74) is 3.67. The molecule has 2 aromatic heterocycles. The Bertz CT molecular complexity index is 885. The molecule has 3 rings (SSSR count). The van der Waals surface area contributed by atoms with Gasteiger partial charge in [0.25, 0.3) is 0 Å². The van der Waals surface area contributed by atoms with Crippen molar-refractivity contribution in [3.63, 3.8) is 0 Å². The van der Waals surface area contributed by atoms with Crippen LogP contribution >= 0.6 is 11.3 Å². The van der Waals surface area contributed by atoms with Crippen LogP contribution < -0.4 is 34.0 Å². The topological polar surface area (TPSA) is 56.1 Å². The van der Waals surface area contributed by atoms with E-state index in [0.29, 0.717) is 0 Å². The van der Waals surface area contributed by atoms with Gasteiger partial charge < -0.3 is 38.6 Å². The zero-order valence-corrected chi connectivity index (χ0v) is 17.0. The number of ketones is 1. The molecular formula is C17H19IN3O2S-. The molecule has 0 spiro atoms. The lowest BCUT2D eigenvalue weighted by atomic mass is 10.1. The Balaban J connectivity index is 0.00000208. The zero-order chi connectivity index (χ0) is 16.6. The molecule has 0 unspecified atom stereocenters. The Kier molecular flexibility index (Phi) is 5.87. The van der Waals surface area contributed by atoms with Crippen molar-refractivity contribution < 1.29 is 33.5 Å². The van der Waals surface area contributed by atoms with Gasteiger partial charge in [0, 0.05) is 34.6 Å². The van der Waals surface area contributed by atoms with E-state index >= 15 is 0 Å². The summed E-state index contributed by atoms with van der Waals surface area (Å²) in [5.74, 6) is 0.801. The summed E-state index contributed by atoms with van der Waals surface area (Å²) in [6.45, 7) is 4.13. The second-order valence-electron chi connectivity index (χ2n) is 5.47. The summed E-state index contributed by atoms with van der Waals surface area (Å²) in [5, 5.41) is 6.76. The van der Waals surface area contributed by atoms with Gasteiger partial charge in [-0.2, -0.15) is 0 Å². The predicted molar refractivity (Wildman–Crippen MR) is 93.9 cm³/mol. The molecule has 0 saturated carbocycles. The first-order chi connectivity index (χ1) is 11.0. The first-order valence-corrected chi connectivity index (χ1v) is 8.21. The third-order valence-corrected chi connectivity index (χ3v) is 4.92. The molecule has 0 aliphatic carbocycles. The van der Waals surface area contributed by atoms with Crippen LogP contribution in [-0.4, -0.2) is 29.0 Å². The van der Waals surface area contributed by atoms with Crippen molar-refractivity contribution in [2.75, 3.05) is 19.0 Å². The Morgan fingerprint density at radius 1 is 1.38 bits per heavy atom. The molecule has 0 aliphatic heterocycles. The van der Waals surface area contributed by atoms with Gasteiger partial charge in [-0.1, -0.05) is 0 Å². The van der Waals surface area contributed by atoms with Gasteiger partial charge in [-0.05, 0) is 32.0 Å². The van der Waals surface area contributed by atoms with Crippen LogP contribution in [0.1, 0.15) is 21.7 Å². The maximum absolute atomic E-state index is 12.7. The van der Waals surface area contributed by atoms with Crippen LogP contribution in [0, 0.1) is 13.8 Å². The van der Waals surface area contributed by atoms with Crippen molar-refractivity contribution >= 4 is 33.2 Å². The summed E-state index contributed by atoms with van der Waals surface area (Å²) >= 11 is 1.51. The number of benzene rings is 1. The lowest BCUT2D eigenvalue weighted by Crippen LogP contribution is -3.00. The van der Waals surface area contributed by atoms with E-state index in [1.54, 1.807) is 7.11 Å². The van der Waals surface area contributed by atoms with Crippen LogP contribution in [0.25, 0.3) is 10.9 Å². The van der Waals surface area contributed by atoms with Crippen LogP contribution in [0.5, 0.6) is 5.75 Å². The molecule has 0 bridgehead atoms. The third-order valence-electron chi connectivity index (χ3n) is 4.00. The first kappa shape index (κ1) is 18.7. The van der Waals surface area contributed by atoms with E-state index in [0.717, 1.165) is 38.7 Å². The van der Waals surface area contributed by atoms with E-state index in [-0.39, 0.29) is 36.3 Å². The summed E-state index contributed by atoms with van der Waals surface area (Å²) in [4.78, 5) is 17.1. The number of carbonyl (C=O) groups is 1. The number of methoxy groups -OCH3 is 1. The summed E-state index contributed by atoms with van der Waals surface area (Å²) in [7, 11) is 3.60. The highest BCUT2D eigenvalue weighted by atomic mass is 127. The lowest BCUT2D eigenvalue weighted by molar-refractivity contribution is -0.0000130. The molecule has 0 saturated heterocycles. The number of nitrogens with one attached hydrogen (secondary N) is 1. The minimum absolute atomic E-state index is 0. The van der Waals surface area contributed by atoms with E-state index in [9.17, 15) is 4.79 Å². The highest BCUT2D eigenvalue weighted by Gasteiger charge is 2.19. The number of ether oxygens (including phenoxy) is 1. The van der Waals surface area contributed by atoms with Crippen molar-refractivity contribution in [1.29, 1.82) is 0 Å². The standard InChI is InChI=1S/C17H19N3O2S.HI/c1-10-9-23-17(19-10)18-8-15(21)16-11(2)20(3)14-6-5-12(22-4)7-13(14)16;/h5-7,9H,8H2,1-4H3,(H,18,19);1H/p-1. The number of hydrogen-bond acceptors (Lipinski definition) is 5. The average molecular weight is 456 g/mol. The van der Waals surface area contributed by atoms with Crippen LogP contribution in [0.2, 0.25) is 0 Å². The minimum Gasteiger partial charge on any atom is -1.00 e. The number of aryl methyl sites for hydroxylation is 2. The van der Waals surface area contributed by atoms with Crippen LogP contribution in [0.4, 0.5) is 5.13 Å². The summed E-state index contributed by atoms with van der Waals surface area (Å²) in [6.07, 6.45) is 0. The van der Waals surface area contributed by atoms with E-state index in [1.807, 2.05) is 49.0 Å². The highest BCUT2D eigenvalue weighted by molar-refractivity contribution is 7.13. The largest absolute Gasteiger partial charge is 1.00 e. The number of fused-ring (bicyclic) bond motifs is 1. The number of rotatable bonds is 5. The molecule has 0 aliphatic rings. The van der Waals surface area contributed by atoms with E-state index in [2.05, 4.69) is 10.3 Å². The van der Waals surface area contributed by atoms with Gasteiger partial charge in [-0.15, -0.1) is 11.3 Å². The smallest absolute Gasteiger partial charge is 0.184 e.